The average molecular weight is 244 g/mol. The second kappa shape index (κ2) is 3.65. The Bertz CT molecular complexity index is 575. The minimum absolute atomic E-state index is 0.270. The normalized spacial score (nSPS) is 11.7. The fourth-order valence-electron chi connectivity index (χ4n) is 1.26. The summed E-state index contributed by atoms with van der Waals surface area (Å²) in [7, 11) is 0. The van der Waals surface area contributed by atoms with Crippen LogP contribution in [-0.2, 0) is 4.79 Å². The predicted octanol–water partition coefficient (Wildman–Crippen LogP) is 1.65. The van der Waals surface area contributed by atoms with Crippen LogP contribution in [0.25, 0.3) is 11.0 Å². The molecule has 0 aliphatic heterocycles. The number of nitrogens with one attached hydrogen (secondary N) is 2. The number of nitrogen functional groups attached to an aromatic ring is 1. The number of fused-ring (bicyclic) bond motifs is 1. The number of imidazole rings is 1. The summed E-state index contributed by atoms with van der Waals surface area (Å²) in [6, 6.07) is 4.59. The van der Waals surface area contributed by atoms with E-state index in [4.69, 9.17) is 5.73 Å². The molecule has 0 unspecified atom stereocenters. The van der Waals surface area contributed by atoms with Crippen LogP contribution in [0.3, 0.4) is 0 Å². The predicted molar refractivity (Wildman–Crippen MR) is 55.2 cm³/mol. The van der Waals surface area contributed by atoms with Crippen LogP contribution in [0.1, 0.15) is 0 Å². The molecule has 0 saturated heterocycles. The van der Waals surface area contributed by atoms with Crippen molar-refractivity contribution in [3.05, 3.63) is 18.2 Å². The van der Waals surface area contributed by atoms with E-state index in [1.807, 2.05) is 0 Å². The lowest BCUT2D eigenvalue weighted by Crippen LogP contribution is -2.30. The van der Waals surface area contributed by atoms with Gasteiger partial charge in [0.25, 0.3) is 0 Å². The van der Waals surface area contributed by atoms with E-state index in [1.165, 1.54) is 12.1 Å². The molecular formula is C9H7F3N4O. The van der Waals surface area contributed by atoms with Crippen LogP contribution in [0.2, 0.25) is 0 Å². The summed E-state index contributed by atoms with van der Waals surface area (Å²) in [5, 5.41) is 1.62. The van der Waals surface area contributed by atoms with Crippen LogP contribution < -0.4 is 11.1 Å². The molecule has 4 N–H and O–H groups in total. The van der Waals surface area contributed by atoms with Crippen LogP contribution >= 0.6 is 0 Å². The van der Waals surface area contributed by atoms with Gasteiger partial charge in [0.1, 0.15) is 0 Å². The largest absolute Gasteiger partial charge is 0.471 e. The van der Waals surface area contributed by atoms with Crippen molar-refractivity contribution in [2.24, 2.45) is 0 Å². The van der Waals surface area contributed by atoms with Crippen molar-refractivity contribution >= 4 is 28.6 Å². The summed E-state index contributed by atoms with van der Waals surface area (Å²) in [5.41, 5.74) is 6.79. The fraction of sp³-hybridized carbons (Fsp3) is 0.111. The molecule has 1 aromatic heterocycles. The molecule has 0 spiro atoms. The Morgan fingerprint density at radius 1 is 1.41 bits per heavy atom. The maximum atomic E-state index is 12.0. The van der Waals surface area contributed by atoms with Crippen molar-refractivity contribution in [1.29, 1.82) is 0 Å². The van der Waals surface area contributed by atoms with E-state index in [0.717, 1.165) is 0 Å². The quantitative estimate of drug-likeness (QED) is 0.667. The number of aromatic amines is 1. The zero-order chi connectivity index (χ0) is 12.6. The van der Waals surface area contributed by atoms with Gasteiger partial charge in [0.05, 0.1) is 11.0 Å². The Labute approximate surface area is 92.8 Å². The molecule has 90 valence electrons. The zero-order valence-corrected chi connectivity index (χ0v) is 8.30. The first-order chi connectivity index (χ1) is 7.86. The molecule has 1 amide bonds. The highest BCUT2D eigenvalue weighted by atomic mass is 19.4. The highest BCUT2D eigenvalue weighted by molar-refractivity contribution is 5.95. The Balaban J connectivity index is 2.29. The lowest BCUT2D eigenvalue weighted by molar-refractivity contribution is -0.167. The minimum atomic E-state index is -4.95. The molecule has 0 fully saturated rings. The first-order valence-electron chi connectivity index (χ1n) is 4.49. The van der Waals surface area contributed by atoms with Gasteiger partial charge in [0.2, 0.25) is 5.95 Å². The molecule has 0 saturated carbocycles. The van der Waals surface area contributed by atoms with E-state index in [0.29, 0.717) is 16.7 Å². The van der Waals surface area contributed by atoms with Gasteiger partial charge in [-0.1, -0.05) is 0 Å². The number of hydrogen-bond acceptors (Lipinski definition) is 3. The highest BCUT2D eigenvalue weighted by Crippen LogP contribution is 2.20. The van der Waals surface area contributed by atoms with Crippen molar-refractivity contribution in [3.8, 4) is 0 Å². The maximum absolute atomic E-state index is 12.0. The number of alkyl halides is 3. The Hall–Kier alpha value is -2.25. The molecule has 0 atom stereocenters. The van der Waals surface area contributed by atoms with Gasteiger partial charge in [-0.05, 0) is 18.2 Å². The van der Waals surface area contributed by atoms with Gasteiger partial charge in [0, 0.05) is 5.69 Å². The third-order valence-corrected chi connectivity index (χ3v) is 2.00. The van der Waals surface area contributed by atoms with Gasteiger partial charge < -0.3 is 10.7 Å². The molecule has 0 bridgehead atoms. The van der Waals surface area contributed by atoms with Crippen LogP contribution in [0.5, 0.6) is 0 Å². The molecule has 2 rings (SSSR count). The molecule has 0 radical (unpaired) electrons. The van der Waals surface area contributed by atoms with E-state index in [9.17, 15) is 18.0 Å². The van der Waals surface area contributed by atoms with E-state index < -0.39 is 12.1 Å². The number of hydrogen-bond donors (Lipinski definition) is 3. The highest BCUT2D eigenvalue weighted by Gasteiger charge is 2.39. The summed E-state index contributed by atoms with van der Waals surface area (Å²) < 4.78 is 35.9. The minimum Gasteiger partial charge on any atom is -0.399 e. The number of rotatable bonds is 1. The lowest BCUT2D eigenvalue weighted by atomic mass is 10.3. The number of nitrogens with two attached hydrogens (primary N) is 1. The van der Waals surface area contributed by atoms with Gasteiger partial charge in [-0.3, -0.25) is 10.1 Å². The van der Waals surface area contributed by atoms with Gasteiger partial charge >= 0.3 is 12.1 Å². The number of anilines is 2. The topological polar surface area (TPSA) is 83.8 Å². The van der Waals surface area contributed by atoms with Crippen molar-refractivity contribution in [3.63, 3.8) is 0 Å². The molecular weight excluding hydrogens is 237 g/mol. The average Bonchev–Trinajstić information content (AvgIpc) is 2.57. The number of carbonyl (C=O) groups is 1. The second-order valence-electron chi connectivity index (χ2n) is 3.31. The molecule has 0 aliphatic carbocycles. The molecule has 5 nitrogen and oxygen atoms in total. The molecule has 2 aromatic rings. The third-order valence-electron chi connectivity index (χ3n) is 2.00. The Morgan fingerprint density at radius 3 is 2.76 bits per heavy atom. The summed E-state index contributed by atoms with van der Waals surface area (Å²) in [4.78, 5) is 16.9. The van der Waals surface area contributed by atoms with Gasteiger partial charge in [-0.15, -0.1) is 0 Å². The van der Waals surface area contributed by atoms with E-state index in [-0.39, 0.29) is 5.95 Å². The monoisotopic (exact) mass is 244 g/mol. The molecule has 17 heavy (non-hydrogen) atoms. The Kier molecular flexibility index (Phi) is 2.41. The second-order valence-corrected chi connectivity index (χ2v) is 3.31. The molecule has 0 aliphatic rings. The van der Waals surface area contributed by atoms with Crippen molar-refractivity contribution in [1.82, 2.24) is 9.97 Å². The molecule has 1 heterocycles. The summed E-state index contributed by atoms with van der Waals surface area (Å²) in [6.07, 6.45) is -4.95. The summed E-state index contributed by atoms with van der Waals surface area (Å²) >= 11 is 0. The third kappa shape index (κ3) is 2.30. The van der Waals surface area contributed by atoms with Crippen LogP contribution in [0.15, 0.2) is 18.2 Å². The summed E-state index contributed by atoms with van der Waals surface area (Å²) in [6.45, 7) is 0. The van der Waals surface area contributed by atoms with Crippen LogP contribution in [0.4, 0.5) is 24.8 Å². The first kappa shape index (κ1) is 11.2. The van der Waals surface area contributed by atoms with Crippen LogP contribution in [-0.4, -0.2) is 22.1 Å². The standard InChI is InChI=1S/C9H7F3N4O/c10-9(11,12)7(17)16-8-14-5-2-1-4(13)3-6(5)15-8/h1-3H,13H2,(H2,14,15,16,17). The van der Waals surface area contributed by atoms with E-state index in [1.54, 1.807) is 11.4 Å². The van der Waals surface area contributed by atoms with Crippen molar-refractivity contribution in [2.75, 3.05) is 11.1 Å². The lowest BCUT2D eigenvalue weighted by Gasteiger charge is -2.04. The number of halogens is 3. The SMILES string of the molecule is Nc1ccc2nc(NC(=O)C(F)(F)F)[nH]c2c1. The van der Waals surface area contributed by atoms with Crippen LogP contribution in [0, 0.1) is 0 Å². The van der Waals surface area contributed by atoms with Crippen molar-refractivity contribution < 1.29 is 18.0 Å². The van der Waals surface area contributed by atoms with Gasteiger partial charge in [0.15, 0.2) is 0 Å². The fourth-order valence-corrected chi connectivity index (χ4v) is 1.26. The number of benzene rings is 1. The summed E-state index contributed by atoms with van der Waals surface area (Å²) in [5.74, 6) is -2.35. The van der Waals surface area contributed by atoms with E-state index in [2.05, 4.69) is 9.97 Å². The number of aromatic nitrogens is 2. The van der Waals surface area contributed by atoms with Gasteiger partial charge in [-0.25, -0.2) is 4.98 Å². The zero-order valence-electron chi connectivity index (χ0n) is 8.30. The van der Waals surface area contributed by atoms with Crippen molar-refractivity contribution in [2.45, 2.75) is 6.18 Å². The number of carbonyl (C=O) groups excluding carboxylic acids is 1. The number of amides is 1. The van der Waals surface area contributed by atoms with Gasteiger partial charge in [-0.2, -0.15) is 13.2 Å². The smallest absolute Gasteiger partial charge is 0.399 e. The molecule has 8 heteroatoms. The number of nitrogens with zero attached hydrogens (tertiary/aromatic N) is 1. The number of H-pyrrole nitrogens is 1. The van der Waals surface area contributed by atoms with E-state index >= 15 is 0 Å². The maximum Gasteiger partial charge on any atom is 0.471 e. The first-order valence-corrected chi connectivity index (χ1v) is 4.49. The molecule has 1 aromatic carbocycles. The Morgan fingerprint density at radius 2 is 2.12 bits per heavy atom.